The standard InChI is InChI=1S/C21H34O3/c1-19-9-6-16-15-7-11-21(22-2,23-3)12-14(15)4-5-17(16)18(19)8-10-20(19)13-24-20/h14-18H,4-13H2,1-3H3/t14-,15+,16-,17-,18+,19+,20-/m1/s1. The fraction of sp³-hybridized carbons (Fsp3) is 1.00. The minimum atomic E-state index is -0.295. The van der Waals surface area contributed by atoms with Crippen LogP contribution in [0.25, 0.3) is 0 Å². The van der Waals surface area contributed by atoms with E-state index >= 15 is 0 Å². The van der Waals surface area contributed by atoms with Gasteiger partial charge in [-0.1, -0.05) is 6.92 Å². The van der Waals surface area contributed by atoms with Gasteiger partial charge >= 0.3 is 0 Å². The van der Waals surface area contributed by atoms with Gasteiger partial charge in [-0.15, -0.1) is 0 Å². The second kappa shape index (κ2) is 5.20. The molecule has 0 aromatic heterocycles. The van der Waals surface area contributed by atoms with E-state index in [-0.39, 0.29) is 5.79 Å². The van der Waals surface area contributed by atoms with E-state index in [2.05, 4.69) is 6.92 Å². The zero-order valence-electron chi connectivity index (χ0n) is 15.7. The molecule has 5 rings (SSSR count). The van der Waals surface area contributed by atoms with Gasteiger partial charge < -0.3 is 14.2 Å². The molecule has 0 N–H and O–H groups in total. The number of fused-ring (bicyclic) bond motifs is 6. The van der Waals surface area contributed by atoms with Crippen molar-refractivity contribution in [2.45, 2.75) is 76.1 Å². The number of methoxy groups -OCH3 is 2. The van der Waals surface area contributed by atoms with E-state index in [1.807, 2.05) is 14.2 Å². The summed E-state index contributed by atoms with van der Waals surface area (Å²) in [6, 6.07) is 0. The van der Waals surface area contributed by atoms with E-state index in [0.717, 1.165) is 49.0 Å². The molecule has 0 aromatic carbocycles. The van der Waals surface area contributed by atoms with Gasteiger partial charge in [0, 0.05) is 32.5 Å². The van der Waals surface area contributed by atoms with Crippen LogP contribution in [0.15, 0.2) is 0 Å². The highest BCUT2D eigenvalue weighted by Gasteiger charge is 2.69. The van der Waals surface area contributed by atoms with Crippen molar-refractivity contribution < 1.29 is 14.2 Å². The molecule has 24 heavy (non-hydrogen) atoms. The molecular formula is C21H34O3. The summed E-state index contributed by atoms with van der Waals surface area (Å²) in [7, 11) is 3.66. The number of ether oxygens (including phenoxy) is 3. The lowest BCUT2D eigenvalue weighted by Gasteiger charge is -2.57. The van der Waals surface area contributed by atoms with Gasteiger partial charge in [-0.3, -0.25) is 0 Å². The largest absolute Gasteiger partial charge is 0.369 e. The first-order valence-corrected chi connectivity index (χ1v) is 10.3. The van der Waals surface area contributed by atoms with Crippen LogP contribution in [0.5, 0.6) is 0 Å². The van der Waals surface area contributed by atoms with Crippen LogP contribution >= 0.6 is 0 Å². The minimum Gasteiger partial charge on any atom is -0.369 e. The summed E-state index contributed by atoms with van der Waals surface area (Å²) >= 11 is 0. The summed E-state index contributed by atoms with van der Waals surface area (Å²) in [6.07, 6.45) is 11.9. The normalized spacial score (nSPS) is 54.9. The van der Waals surface area contributed by atoms with Crippen LogP contribution in [0.1, 0.15) is 64.7 Å². The van der Waals surface area contributed by atoms with E-state index < -0.39 is 0 Å². The molecule has 5 fully saturated rings. The third kappa shape index (κ3) is 1.95. The van der Waals surface area contributed by atoms with Gasteiger partial charge in [0.15, 0.2) is 5.79 Å². The minimum absolute atomic E-state index is 0.295. The molecule has 4 saturated carbocycles. The van der Waals surface area contributed by atoms with Crippen molar-refractivity contribution in [1.29, 1.82) is 0 Å². The number of rotatable bonds is 2. The lowest BCUT2D eigenvalue weighted by atomic mass is 9.49. The molecule has 0 radical (unpaired) electrons. The Morgan fingerprint density at radius 2 is 1.58 bits per heavy atom. The van der Waals surface area contributed by atoms with Gasteiger partial charge in [-0.2, -0.15) is 0 Å². The van der Waals surface area contributed by atoms with Crippen molar-refractivity contribution >= 4 is 0 Å². The number of epoxide rings is 1. The van der Waals surface area contributed by atoms with Crippen molar-refractivity contribution in [2.24, 2.45) is 35.0 Å². The highest BCUT2D eigenvalue weighted by molar-refractivity contribution is 5.17. The molecule has 0 unspecified atom stereocenters. The third-order valence-corrected chi connectivity index (χ3v) is 9.48. The van der Waals surface area contributed by atoms with Crippen LogP contribution in [-0.2, 0) is 14.2 Å². The Morgan fingerprint density at radius 1 is 0.833 bits per heavy atom. The molecule has 1 saturated heterocycles. The summed E-state index contributed by atoms with van der Waals surface area (Å²) in [6.45, 7) is 3.62. The molecule has 1 heterocycles. The highest BCUT2D eigenvalue weighted by atomic mass is 16.7. The van der Waals surface area contributed by atoms with E-state index in [1.165, 1.54) is 44.9 Å². The second-order valence-electron chi connectivity index (χ2n) is 9.78. The van der Waals surface area contributed by atoms with E-state index in [9.17, 15) is 0 Å². The Morgan fingerprint density at radius 3 is 2.29 bits per heavy atom. The maximum atomic E-state index is 6.04. The predicted molar refractivity (Wildman–Crippen MR) is 92.5 cm³/mol. The molecule has 3 nitrogen and oxygen atoms in total. The molecular weight excluding hydrogens is 300 g/mol. The van der Waals surface area contributed by atoms with Crippen LogP contribution < -0.4 is 0 Å². The van der Waals surface area contributed by atoms with E-state index in [1.54, 1.807) is 0 Å². The zero-order valence-corrected chi connectivity index (χ0v) is 15.7. The van der Waals surface area contributed by atoms with Gasteiger partial charge in [0.2, 0.25) is 0 Å². The van der Waals surface area contributed by atoms with Crippen molar-refractivity contribution in [3.63, 3.8) is 0 Å². The smallest absolute Gasteiger partial charge is 0.167 e. The summed E-state index contributed by atoms with van der Waals surface area (Å²) < 4.78 is 17.6. The van der Waals surface area contributed by atoms with Crippen molar-refractivity contribution in [2.75, 3.05) is 20.8 Å². The molecule has 136 valence electrons. The topological polar surface area (TPSA) is 31.0 Å². The Bertz CT molecular complexity index is 509. The van der Waals surface area contributed by atoms with Crippen LogP contribution in [0, 0.1) is 35.0 Å². The first kappa shape index (κ1) is 16.1. The van der Waals surface area contributed by atoms with Crippen LogP contribution in [-0.4, -0.2) is 32.2 Å². The van der Waals surface area contributed by atoms with Gasteiger partial charge in [0.1, 0.15) is 0 Å². The Hall–Kier alpha value is -0.120. The molecule has 1 aliphatic heterocycles. The quantitative estimate of drug-likeness (QED) is 0.554. The van der Waals surface area contributed by atoms with E-state index in [4.69, 9.17) is 14.2 Å². The summed E-state index contributed by atoms with van der Waals surface area (Å²) in [5.41, 5.74) is 0.784. The number of hydrogen-bond donors (Lipinski definition) is 0. The maximum Gasteiger partial charge on any atom is 0.167 e. The van der Waals surface area contributed by atoms with Crippen molar-refractivity contribution in [3.8, 4) is 0 Å². The fourth-order valence-corrected chi connectivity index (χ4v) is 7.93. The molecule has 0 amide bonds. The highest BCUT2D eigenvalue weighted by Crippen LogP contribution is 2.69. The third-order valence-electron chi connectivity index (χ3n) is 9.48. The monoisotopic (exact) mass is 334 g/mol. The molecule has 0 bridgehead atoms. The van der Waals surface area contributed by atoms with Gasteiger partial charge in [-0.25, -0.2) is 0 Å². The summed E-state index contributed by atoms with van der Waals surface area (Å²) in [4.78, 5) is 0. The lowest BCUT2D eigenvalue weighted by molar-refractivity contribution is -0.247. The molecule has 0 aromatic rings. The van der Waals surface area contributed by atoms with Crippen LogP contribution in [0.2, 0.25) is 0 Å². The molecule has 5 aliphatic rings. The maximum absolute atomic E-state index is 6.04. The predicted octanol–water partition coefficient (Wildman–Crippen LogP) is 4.40. The zero-order chi connectivity index (χ0) is 16.6. The fourth-order valence-electron chi connectivity index (χ4n) is 7.93. The van der Waals surface area contributed by atoms with Crippen molar-refractivity contribution in [1.82, 2.24) is 0 Å². The first-order valence-electron chi connectivity index (χ1n) is 10.3. The second-order valence-corrected chi connectivity index (χ2v) is 9.78. The Labute approximate surface area is 146 Å². The van der Waals surface area contributed by atoms with Crippen LogP contribution in [0.4, 0.5) is 0 Å². The van der Waals surface area contributed by atoms with Gasteiger partial charge in [0.05, 0.1) is 12.2 Å². The SMILES string of the molecule is COC1(OC)CC[C@H]2[C@H](CC[C@@H]3[C@@H]2CC[C@@]2(C)[C@H]3CC[C@@]23CO3)C1. The van der Waals surface area contributed by atoms with Gasteiger partial charge in [-0.05, 0) is 74.5 Å². The van der Waals surface area contributed by atoms with Crippen molar-refractivity contribution in [3.05, 3.63) is 0 Å². The van der Waals surface area contributed by atoms with E-state index in [0.29, 0.717) is 11.0 Å². The lowest BCUT2D eigenvalue weighted by Crippen LogP contribution is -2.52. The number of hydrogen-bond acceptors (Lipinski definition) is 3. The molecule has 7 atom stereocenters. The average Bonchev–Trinajstić information content (AvgIpc) is 3.35. The molecule has 1 spiro atoms. The Kier molecular flexibility index (Phi) is 3.49. The summed E-state index contributed by atoms with van der Waals surface area (Å²) in [5.74, 6) is 4.29. The van der Waals surface area contributed by atoms with Crippen LogP contribution in [0.3, 0.4) is 0 Å². The van der Waals surface area contributed by atoms with Gasteiger partial charge in [0.25, 0.3) is 0 Å². The first-order chi connectivity index (χ1) is 11.6. The molecule has 3 heteroatoms. The molecule has 4 aliphatic carbocycles. The summed E-state index contributed by atoms with van der Waals surface area (Å²) in [5, 5.41) is 0. The Balaban J connectivity index is 1.37. The average molecular weight is 335 g/mol.